The summed E-state index contributed by atoms with van der Waals surface area (Å²) in [5.41, 5.74) is 5.68. The summed E-state index contributed by atoms with van der Waals surface area (Å²) in [5, 5.41) is 8.27. The Balaban J connectivity index is 1.59. The van der Waals surface area contributed by atoms with Gasteiger partial charge in [0.05, 0.1) is 11.4 Å². The van der Waals surface area contributed by atoms with E-state index >= 15 is 0 Å². The van der Waals surface area contributed by atoms with Crippen molar-refractivity contribution in [2.75, 3.05) is 11.9 Å². The fraction of sp³-hybridized carbons (Fsp3) is 0.208. The average molecular weight is 418 g/mol. The number of anilines is 1. The maximum absolute atomic E-state index is 13.7. The molecule has 158 valence electrons. The number of aryl methyl sites for hydroxylation is 3. The van der Waals surface area contributed by atoms with Crippen LogP contribution in [0.3, 0.4) is 0 Å². The normalized spacial score (nSPS) is 11.0. The van der Waals surface area contributed by atoms with Crippen LogP contribution in [0.4, 0.5) is 10.1 Å². The minimum atomic E-state index is -0.356. The molecule has 0 saturated heterocycles. The molecule has 0 aliphatic heterocycles. The van der Waals surface area contributed by atoms with Crippen molar-refractivity contribution in [3.63, 3.8) is 0 Å². The highest BCUT2D eigenvalue weighted by molar-refractivity contribution is 5.92. The zero-order valence-corrected chi connectivity index (χ0v) is 17.9. The molecule has 4 aromatic rings. The van der Waals surface area contributed by atoms with E-state index in [9.17, 15) is 9.18 Å². The second kappa shape index (κ2) is 8.18. The first kappa shape index (κ1) is 20.5. The number of fused-ring (bicyclic) bond motifs is 1. The van der Waals surface area contributed by atoms with E-state index in [0.29, 0.717) is 17.2 Å². The molecule has 2 aromatic carbocycles. The number of hydrogen-bond donors (Lipinski definition) is 1. The molecule has 2 heterocycles. The predicted octanol–water partition coefficient (Wildman–Crippen LogP) is 4.81. The number of halogens is 1. The van der Waals surface area contributed by atoms with Crippen LogP contribution < -0.4 is 10.1 Å². The average Bonchev–Trinajstić information content (AvgIpc) is 3.07. The van der Waals surface area contributed by atoms with Crippen molar-refractivity contribution in [2.24, 2.45) is 0 Å². The third-order valence-corrected chi connectivity index (χ3v) is 5.27. The Labute approximate surface area is 179 Å². The van der Waals surface area contributed by atoms with Crippen molar-refractivity contribution in [2.45, 2.75) is 27.7 Å². The van der Waals surface area contributed by atoms with Gasteiger partial charge < -0.3 is 10.1 Å². The molecule has 0 saturated carbocycles. The first-order valence-electron chi connectivity index (χ1n) is 9.95. The number of aromatic nitrogens is 3. The fourth-order valence-corrected chi connectivity index (χ4v) is 3.55. The number of rotatable bonds is 5. The van der Waals surface area contributed by atoms with Gasteiger partial charge in [0.2, 0.25) is 5.88 Å². The van der Waals surface area contributed by atoms with Crippen molar-refractivity contribution in [3.8, 4) is 11.6 Å². The molecule has 7 heteroatoms. The number of nitrogens with zero attached hydrogens (tertiary/aromatic N) is 3. The molecule has 6 nitrogen and oxygen atoms in total. The van der Waals surface area contributed by atoms with Gasteiger partial charge in [-0.15, -0.1) is 0 Å². The van der Waals surface area contributed by atoms with Crippen LogP contribution in [0.5, 0.6) is 5.88 Å². The highest BCUT2D eigenvalue weighted by atomic mass is 19.1. The minimum Gasteiger partial charge on any atom is -0.467 e. The number of amides is 1. The Hall–Kier alpha value is -3.74. The van der Waals surface area contributed by atoms with Gasteiger partial charge in [-0.1, -0.05) is 18.2 Å². The molecule has 31 heavy (non-hydrogen) atoms. The van der Waals surface area contributed by atoms with Crippen LogP contribution in [-0.2, 0) is 4.79 Å². The van der Waals surface area contributed by atoms with Crippen molar-refractivity contribution in [3.05, 3.63) is 76.7 Å². The number of pyridine rings is 1. The van der Waals surface area contributed by atoms with Gasteiger partial charge in [0.15, 0.2) is 12.3 Å². The second-order valence-electron chi connectivity index (χ2n) is 7.54. The summed E-state index contributed by atoms with van der Waals surface area (Å²) in [6, 6.07) is 13.7. The smallest absolute Gasteiger partial charge is 0.262 e. The van der Waals surface area contributed by atoms with E-state index in [1.165, 1.54) is 12.1 Å². The summed E-state index contributed by atoms with van der Waals surface area (Å²) in [7, 11) is 0. The van der Waals surface area contributed by atoms with E-state index in [1.807, 2.05) is 45.9 Å². The SMILES string of the molecule is Cc1cccc(NC(=O)COc2cc(C)c3c(C)nn(-c4cccc(F)c4)c3n2)c1C. The first-order valence-corrected chi connectivity index (χ1v) is 9.95. The van der Waals surface area contributed by atoms with Gasteiger partial charge in [0, 0.05) is 17.1 Å². The monoisotopic (exact) mass is 418 g/mol. The zero-order valence-electron chi connectivity index (χ0n) is 17.9. The van der Waals surface area contributed by atoms with Crippen molar-refractivity contribution >= 4 is 22.6 Å². The van der Waals surface area contributed by atoms with Gasteiger partial charge in [-0.25, -0.2) is 9.07 Å². The molecule has 2 aromatic heterocycles. The number of nitrogens with one attached hydrogen (secondary N) is 1. The lowest BCUT2D eigenvalue weighted by molar-refractivity contribution is -0.118. The summed E-state index contributed by atoms with van der Waals surface area (Å²) in [5.74, 6) is -0.326. The van der Waals surface area contributed by atoms with Gasteiger partial charge in [0.25, 0.3) is 5.91 Å². The summed E-state index contributed by atoms with van der Waals surface area (Å²) in [6.07, 6.45) is 0. The highest BCUT2D eigenvalue weighted by Gasteiger charge is 2.16. The third-order valence-electron chi connectivity index (χ3n) is 5.27. The van der Waals surface area contributed by atoms with E-state index in [0.717, 1.165) is 33.5 Å². The highest BCUT2D eigenvalue weighted by Crippen LogP contribution is 2.27. The van der Waals surface area contributed by atoms with E-state index in [2.05, 4.69) is 15.4 Å². The van der Waals surface area contributed by atoms with Crippen LogP contribution in [0, 0.1) is 33.5 Å². The molecule has 0 bridgehead atoms. The molecule has 0 spiro atoms. The van der Waals surface area contributed by atoms with Gasteiger partial charge >= 0.3 is 0 Å². The maximum Gasteiger partial charge on any atom is 0.262 e. The number of hydrogen-bond acceptors (Lipinski definition) is 4. The van der Waals surface area contributed by atoms with Gasteiger partial charge in [-0.3, -0.25) is 4.79 Å². The van der Waals surface area contributed by atoms with Crippen LogP contribution in [0.2, 0.25) is 0 Å². The Morgan fingerprint density at radius 3 is 2.61 bits per heavy atom. The topological polar surface area (TPSA) is 69.0 Å². The van der Waals surface area contributed by atoms with Crippen molar-refractivity contribution in [1.29, 1.82) is 0 Å². The molecule has 0 fully saturated rings. The molecule has 1 N–H and O–H groups in total. The minimum absolute atomic E-state index is 0.182. The quantitative estimate of drug-likeness (QED) is 0.505. The molecule has 0 aliphatic rings. The standard InChI is InChI=1S/C24H23FN4O2/c1-14-7-5-10-20(16(14)3)26-21(30)13-31-22-11-15(2)23-17(4)28-29(24(23)27-22)19-9-6-8-18(25)12-19/h5-12H,13H2,1-4H3,(H,26,30). The number of carbonyl (C=O) groups is 1. The largest absolute Gasteiger partial charge is 0.467 e. The van der Waals surface area contributed by atoms with Crippen molar-refractivity contribution in [1.82, 2.24) is 14.8 Å². The molecular formula is C24H23FN4O2. The molecule has 4 rings (SSSR count). The van der Waals surface area contributed by atoms with Gasteiger partial charge in [-0.05, 0) is 68.7 Å². The van der Waals surface area contributed by atoms with Crippen LogP contribution >= 0.6 is 0 Å². The lowest BCUT2D eigenvalue weighted by atomic mass is 10.1. The third kappa shape index (κ3) is 4.12. The molecular weight excluding hydrogens is 395 g/mol. The van der Waals surface area contributed by atoms with E-state index in [-0.39, 0.29) is 18.3 Å². The number of carbonyl (C=O) groups excluding carboxylic acids is 1. The predicted molar refractivity (Wildman–Crippen MR) is 118 cm³/mol. The number of benzene rings is 2. The van der Waals surface area contributed by atoms with Gasteiger partial charge in [0.1, 0.15) is 5.82 Å². The van der Waals surface area contributed by atoms with E-state index in [1.54, 1.807) is 22.9 Å². The fourth-order valence-electron chi connectivity index (χ4n) is 3.55. The zero-order chi connectivity index (χ0) is 22.1. The molecule has 0 aliphatic carbocycles. The Bertz CT molecular complexity index is 1300. The Morgan fingerprint density at radius 2 is 1.84 bits per heavy atom. The molecule has 0 radical (unpaired) electrons. The first-order chi connectivity index (χ1) is 14.8. The van der Waals surface area contributed by atoms with Crippen molar-refractivity contribution < 1.29 is 13.9 Å². The summed E-state index contributed by atoms with van der Waals surface area (Å²) >= 11 is 0. The molecule has 0 unspecified atom stereocenters. The van der Waals surface area contributed by atoms with Crippen LogP contribution in [0.15, 0.2) is 48.5 Å². The maximum atomic E-state index is 13.7. The summed E-state index contributed by atoms with van der Waals surface area (Å²) < 4.78 is 21.0. The summed E-state index contributed by atoms with van der Waals surface area (Å²) in [4.78, 5) is 17.0. The lowest BCUT2D eigenvalue weighted by Gasteiger charge is -2.11. The van der Waals surface area contributed by atoms with E-state index < -0.39 is 0 Å². The van der Waals surface area contributed by atoms with Crippen LogP contribution in [0.25, 0.3) is 16.7 Å². The molecule has 1 amide bonds. The van der Waals surface area contributed by atoms with Crippen LogP contribution in [0.1, 0.15) is 22.4 Å². The van der Waals surface area contributed by atoms with Gasteiger partial charge in [-0.2, -0.15) is 10.1 Å². The second-order valence-corrected chi connectivity index (χ2v) is 7.54. The Kier molecular flexibility index (Phi) is 5.42. The molecule has 0 atom stereocenters. The lowest BCUT2D eigenvalue weighted by Crippen LogP contribution is -2.21. The van der Waals surface area contributed by atoms with E-state index in [4.69, 9.17) is 4.74 Å². The van der Waals surface area contributed by atoms with Crippen LogP contribution in [-0.4, -0.2) is 27.3 Å². The Morgan fingerprint density at radius 1 is 1.06 bits per heavy atom. The number of ether oxygens (including phenoxy) is 1. The summed E-state index contributed by atoms with van der Waals surface area (Å²) in [6.45, 7) is 7.58.